The van der Waals surface area contributed by atoms with Crippen molar-refractivity contribution in [1.29, 1.82) is 5.26 Å². The fourth-order valence-corrected chi connectivity index (χ4v) is 0.773. The van der Waals surface area contributed by atoms with Gasteiger partial charge in [-0.25, -0.2) is 0 Å². The maximum Gasteiger partial charge on any atom is 0.120 e. The van der Waals surface area contributed by atoms with Gasteiger partial charge in [0.15, 0.2) is 0 Å². The van der Waals surface area contributed by atoms with E-state index in [1.165, 1.54) is 0 Å². The second kappa shape index (κ2) is 2.67. The Bertz CT molecular complexity index is 253. The van der Waals surface area contributed by atoms with Crippen LogP contribution < -0.4 is 5.32 Å². The van der Waals surface area contributed by atoms with Crippen LogP contribution in [0.1, 0.15) is 13.8 Å². The minimum absolute atomic E-state index is 0.509. The summed E-state index contributed by atoms with van der Waals surface area (Å²) in [6.07, 6.45) is 1.82. The molecule has 0 amide bonds. The van der Waals surface area contributed by atoms with E-state index in [0.717, 1.165) is 5.82 Å². The summed E-state index contributed by atoms with van der Waals surface area (Å²) in [6.45, 7) is 3.65. The molecule has 2 N–H and O–H groups in total. The zero-order chi connectivity index (χ0) is 8.32. The van der Waals surface area contributed by atoms with Crippen molar-refractivity contribution >= 4 is 5.82 Å². The van der Waals surface area contributed by atoms with Crippen molar-refractivity contribution in [3.63, 3.8) is 0 Å². The van der Waals surface area contributed by atoms with E-state index in [0.29, 0.717) is 0 Å². The van der Waals surface area contributed by atoms with Crippen LogP contribution in [0.2, 0.25) is 0 Å². The smallest absolute Gasteiger partial charge is 0.120 e. The summed E-state index contributed by atoms with van der Waals surface area (Å²) < 4.78 is 0. The van der Waals surface area contributed by atoms with Crippen molar-refractivity contribution in [3.8, 4) is 6.07 Å². The highest BCUT2D eigenvalue weighted by Gasteiger charge is 2.15. The second-order valence-electron chi connectivity index (χ2n) is 2.95. The summed E-state index contributed by atoms with van der Waals surface area (Å²) in [6, 6.07) is 5.92. The molecule has 0 aliphatic carbocycles. The molecule has 0 aromatic carbocycles. The minimum Gasteiger partial charge on any atom is -0.354 e. The molecule has 0 spiro atoms. The number of rotatable bonds is 2. The number of nitrogens with zero attached hydrogens (tertiary/aromatic N) is 1. The van der Waals surface area contributed by atoms with Crippen LogP contribution in [0.5, 0.6) is 0 Å². The zero-order valence-corrected chi connectivity index (χ0v) is 6.68. The maximum absolute atomic E-state index is 8.67. The van der Waals surface area contributed by atoms with E-state index < -0.39 is 5.54 Å². The van der Waals surface area contributed by atoms with Gasteiger partial charge in [-0.2, -0.15) is 5.26 Å². The summed E-state index contributed by atoms with van der Waals surface area (Å²) >= 11 is 0. The Morgan fingerprint density at radius 3 is 2.82 bits per heavy atom. The first-order chi connectivity index (χ1) is 5.14. The molecular formula is C8H11N3. The number of nitriles is 1. The quantitative estimate of drug-likeness (QED) is 0.672. The number of aromatic amines is 1. The molecule has 0 aliphatic rings. The summed E-state index contributed by atoms with van der Waals surface area (Å²) in [5.41, 5.74) is -0.509. The van der Waals surface area contributed by atoms with Crippen LogP contribution in [0.3, 0.4) is 0 Å². The fourth-order valence-electron chi connectivity index (χ4n) is 0.773. The average Bonchev–Trinajstić information content (AvgIpc) is 2.39. The Kier molecular flexibility index (Phi) is 1.86. The first-order valence-corrected chi connectivity index (χ1v) is 3.47. The Labute approximate surface area is 66.0 Å². The van der Waals surface area contributed by atoms with Gasteiger partial charge in [-0.15, -0.1) is 0 Å². The first kappa shape index (κ1) is 7.67. The molecule has 0 unspecified atom stereocenters. The maximum atomic E-state index is 8.67. The van der Waals surface area contributed by atoms with E-state index in [2.05, 4.69) is 16.4 Å². The number of hydrogen-bond acceptors (Lipinski definition) is 2. The Hall–Kier alpha value is -1.43. The second-order valence-corrected chi connectivity index (χ2v) is 2.95. The number of hydrogen-bond donors (Lipinski definition) is 2. The Morgan fingerprint density at radius 2 is 2.36 bits per heavy atom. The monoisotopic (exact) mass is 149 g/mol. The van der Waals surface area contributed by atoms with Gasteiger partial charge < -0.3 is 10.3 Å². The molecule has 1 heterocycles. The van der Waals surface area contributed by atoms with Gasteiger partial charge >= 0.3 is 0 Å². The predicted molar refractivity (Wildman–Crippen MR) is 44.1 cm³/mol. The summed E-state index contributed by atoms with van der Waals surface area (Å²) in [5, 5.41) is 11.7. The zero-order valence-electron chi connectivity index (χ0n) is 6.68. The fraction of sp³-hybridized carbons (Fsp3) is 0.375. The molecule has 0 atom stereocenters. The molecule has 3 nitrogen and oxygen atoms in total. The van der Waals surface area contributed by atoms with Gasteiger partial charge in [-0.05, 0) is 26.0 Å². The van der Waals surface area contributed by atoms with Crippen molar-refractivity contribution in [2.45, 2.75) is 19.4 Å². The highest BCUT2D eigenvalue weighted by Crippen LogP contribution is 2.10. The van der Waals surface area contributed by atoms with Gasteiger partial charge in [0.1, 0.15) is 11.4 Å². The molecule has 0 saturated carbocycles. The summed E-state index contributed by atoms with van der Waals surface area (Å²) in [5.74, 6) is 0.872. The lowest BCUT2D eigenvalue weighted by Crippen LogP contribution is -2.28. The molecule has 0 fully saturated rings. The van der Waals surface area contributed by atoms with Crippen LogP contribution in [0.4, 0.5) is 5.82 Å². The van der Waals surface area contributed by atoms with Crippen molar-refractivity contribution in [1.82, 2.24) is 4.98 Å². The number of nitrogens with one attached hydrogen (secondary N) is 2. The molecule has 0 radical (unpaired) electrons. The van der Waals surface area contributed by atoms with Crippen LogP contribution in [0.25, 0.3) is 0 Å². The van der Waals surface area contributed by atoms with Gasteiger partial charge in [0.2, 0.25) is 0 Å². The summed E-state index contributed by atoms with van der Waals surface area (Å²) in [4.78, 5) is 2.97. The third-order valence-electron chi connectivity index (χ3n) is 1.32. The van der Waals surface area contributed by atoms with Gasteiger partial charge in [-0.1, -0.05) is 0 Å². The van der Waals surface area contributed by atoms with Crippen molar-refractivity contribution in [2.24, 2.45) is 0 Å². The average molecular weight is 149 g/mol. The number of H-pyrrole nitrogens is 1. The Balaban J connectivity index is 2.65. The third-order valence-corrected chi connectivity index (χ3v) is 1.32. The van der Waals surface area contributed by atoms with Gasteiger partial charge in [-0.3, -0.25) is 0 Å². The molecular weight excluding hydrogens is 138 g/mol. The Morgan fingerprint density at radius 1 is 1.64 bits per heavy atom. The molecule has 1 rings (SSSR count). The topological polar surface area (TPSA) is 51.6 Å². The molecule has 0 bridgehead atoms. The molecule has 1 aromatic rings. The lowest BCUT2D eigenvalue weighted by atomic mass is 10.1. The molecule has 58 valence electrons. The lowest BCUT2D eigenvalue weighted by molar-refractivity contribution is 0.725. The minimum atomic E-state index is -0.509. The van der Waals surface area contributed by atoms with E-state index >= 15 is 0 Å². The van der Waals surface area contributed by atoms with Crippen molar-refractivity contribution in [3.05, 3.63) is 18.3 Å². The molecule has 3 heteroatoms. The van der Waals surface area contributed by atoms with Crippen LogP contribution >= 0.6 is 0 Å². The van der Waals surface area contributed by atoms with E-state index in [9.17, 15) is 0 Å². The third kappa shape index (κ3) is 2.01. The first-order valence-electron chi connectivity index (χ1n) is 3.47. The molecule has 0 aliphatic heterocycles. The van der Waals surface area contributed by atoms with Crippen LogP contribution in [-0.4, -0.2) is 10.5 Å². The molecule has 1 aromatic heterocycles. The molecule has 0 saturated heterocycles. The van der Waals surface area contributed by atoms with E-state index in [4.69, 9.17) is 5.26 Å². The largest absolute Gasteiger partial charge is 0.354 e. The number of aromatic nitrogens is 1. The SMILES string of the molecule is CC(C)(C#N)Nc1ccc[nH]1. The van der Waals surface area contributed by atoms with Crippen LogP contribution in [0, 0.1) is 11.3 Å². The number of anilines is 1. The summed E-state index contributed by atoms with van der Waals surface area (Å²) in [7, 11) is 0. The van der Waals surface area contributed by atoms with Gasteiger partial charge in [0.05, 0.1) is 6.07 Å². The molecule has 11 heavy (non-hydrogen) atoms. The highest BCUT2D eigenvalue weighted by molar-refractivity contribution is 5.39. The standard InChI is InChI=1S/C8H11N3/c1-8(2,6-9)11-7-4-3-5-10-7/h3-5,10-11H,1-2H3. The van der Waals surface area contributed by atoms with Crippen molar-refractivity contribution in [2.75, 3.05) is 5.32 Å². The van der Waals surface area contributed by atoms with Crippen LogP contribution in [-0.2, 0) is 0 Å². The van der Waals surface area contributed by atoms with E-state index in [1.54, 1.807) is 0 Å². The van der Waals surface area contributed by atoms with Gasteiger partial charge in [0.25, 0.3) is 0 Å². The van der Waals surface area contributed by atoms with Crippen LogP contribution in [0.15, 0.2) is 18.3 Å². The lowest BCUT2D eigenvalue weighted by Gasteiger charge is -2.16. The predicted octanol–water partition coefficient (Wildman–Crippen LogP) is 1.73. The van der Waals surface area contributed by atoms with Gasteiger partial charge in [0, 0.05) is 6.20 Å². The van der Waals surface area contributed by atoms with Crippen molar-refractivity contribution < 1.29 is 0 Å². The normalized spacial score (nSPS) is 10.6. The van der Waals surface area contributed by atoms with E-state index in [-0.39, 0.29) is 0 Å². The van der Waals surface area contributed by atoms with E-state index in [1.807, 2.05) is 32.2 Å². The highest BCUT2D eigenvalue weighted by atomic mass is 15.0.